The molecule has 12 heavy (non-hydrogen) atoms. The van der Waals surface area contributed by atoms with E-state index >= 15 is 0 Å². The Hall–Kier alpha value is -0.240. The molecule has 0 saturated carbocycles. The second-order valence-electron chi connectivity index (χ2n) is 3.40. The molecule has 1 saturated heterocycles. The zero-order valence-electron chi connectivity index (χ0n) is 7.86. The maximum absolute atomic E-state index is 5.21. The highest BCUT2D eigenvalue weighted by Crippen LogP contribution is 2.36. The molecule has 0 aromatic rings. The van der Waals surface area contributed by atoms with Crippen molar-refractivity contribution in [3.8, 4) is 0 Å². The van der Waals surface area contributed by atoms with Crippen molar-refractivity contribution in [2.75, 3.05) is 0 Å². The quantitative estimate of drug-likeness (QED) is 0.409. The molecule has 0 spiro atoms. The van der Waals surface area contributed by atoms with Crippen molar-refractivity contribution in [2.24, 2.45) is 0 Å². The van der Waals surface area contributed by atoms with E-state index in [1.54, 1.807) is 0 Å². The van der Waals surface area contributed by atoms with Crippen LogP contribution in [-0.4, -0.2) is 5.01 Å². The Labute approximate surface area is 82.6 Å². The molecule has 1 fully saturated rings. The van der Waals surface area contributed by atoms with Crippen molar-refractivity contribution in [3.05, 3.63) is 23.0 Å². The van der Waals surface area contributed by atoms with E-state index in [9.17, 15) is 0 Å². The van der Waals surface area contributed by atoms with E-state index in [4.69, 9.17) is 4.74 Å². The average Bonchev–Trinajstić information content (AvgIpc) is 2.66. The summed E-state index contributed by atoms with van der Waals surface area (Å²) in [7, 11) is 0. The molecule has 68 valence electrons. The van der Waals surface area contributed by atoms with Gasteiger partial charge in [0.05, 0.1) is 0 Å². The van der Waals surface area contributed by atoms with Crippen molar-refractivity contribution in [1.82, 2.24) is 0 Å². The molecule has 1 aliphatic heterocycles. The van der Waals surface area contributed by atoms with Crippen LogP contribution < -0.4 is 0 Å². The molecule has 0 N–H and O–H groups in total. The van der Waals surface area contributed by atoms with Gasteiger partial charge in [-0.25, -0.2) is 0 Å². The number of ether oxygens (including phenoxy) is 1. The van der Waals surface area contributed by atoms with Crippen LogP contribution in [0, 0.1) is 0 Å². The van der Waals surface area contributed by atoms with E-state index in [0.29, 0.717) is 0 Å². The van der Waals surface area contributed by atoms with Gasteiger partial charge in [0.2, 0.25) is 5.01 Å². The maximum Gasteiger partial charge on any atom is 0.209 e. The molecule has 0 aromatic carbocycles. The molecule has 0 amide bonds. The SMILES string of the molecule is CC(C)=CCCC(C)=C1OC1Br. The molecule has 1 heterocycles. The molecule has 1 nitrogen and oxygen atoms in total. The summed E-state index contributed by atoms with van der Waals surface area (Å²) in [5.74, 6) is 1.14. The van der Waals surface area contributed by atoms with Crippen LogP contribution in [0.5, 0.6) is 0 Å². The number of hydrogen-bond acceptors (Lipinski definition) is 1. The number of halogens is 1. The number of alkyl halides is 1. The summed E-state index contributed by atoms with van der Waals surface area (Å²) >= 11 is 3.37. The highest BCUT2D eigenvalue weighted by molar-refractivity contribution is 9.09. The topological polar surface area (TPSA) is 12.5 Å². The molecule has 1 unspecified atom stereocenters. The Morgan fingerprint density at radius 1 is 1.50 bits per heavy atom. The van der Waals surface area contributed by atoms with E-state index in [0.717, 1.165) is 18.6 Å². The summed E-state index contributed by atoms with van der Waals surface area (Å²) in [6, 6.07) is 0. The third-order valence-electron chi connectivity index (χ3n) is 1.87. The number of allylic oxidation sites excluding steroid dienone is 3. The second-order valence-corrected chi connectivity index (χ2v) is 4.23. The van der Waals surface area contributed by atoms with Crippen molar-refractivity contribution in [2.45, 2.75) is 38.6 Å². The van der Waals surface area contributed by atoms with Crippen LogP contribution >= 0.6 is 15.9 Å². The van der Waals surface area contributed by atoms with Crippen LogP contribution in [0.25, 0.3) is 0 Å². The minimum atomic E-state index is 0.212. The van der Waals surface area contributed by atoms with Crippen LogP contribution in [0.3, 0.4) is 0 Å². The van der Waals surface area contributed by atoms with Gasteiger partial charge in [0.15, 0.2) is 0 Å². The largest absolute Gasteiger partial charge is 0.471 e. The van der Waals surface area contributed by atoms with Crippen LogP contribution in [0.1, 0.15) is 33.6 Å². The molecule has 0 aromatic heterocycles. The average molecular weight is 231 g/mol. The fourth-order valence-corrected chi connectivity index (χ4v) is 1.66. The van der Waals surface area contributed by atoms with Gasteiger partial charge in [0.25, 0.3) is 0 Å². The van der Waals surface area contributed by atoms with Gasteiger partial charge in [-0.05, 0) is 55.1 Å². The normalized spacial score (nSPS) is 24.5. The first-order valence-electron chi connectivity index (χ1n) is 4.25. The molecule has 0 radical (unpaired) electrons. The van der Waals surface area contributed by atoms with Gasteiger partial charge in [-0.3, -0.25) is 0 Å². The van der Waals surface area contributed by atoms with Gasteiger partial charge < -0.3 is 4.74 Å². The van der Waals surface area contributed by atoms with Gasteiger partial charge in [-0.15, -0.1) is 0 Å². The van der Waals surface area contributed by atoms with E-state index in [-0.39, 0.29) is 5.01 Å². The minimum Gasteiger partial charge on any atom is -0.471 e. The summed E-state index contributed by atoms with van der Waals surface area (Å²) in [4.78, 5) is 0. The van der Waals surface area contributed by atoms with Crippen molar-refractivity contribution >= 4 is 15.9 Å². The fraction of sp³-hybridized carbons (Fsp3) is 0.600. The molecule has 1 rings (SSSR count). The van der Waals surface area contributed by atoms with E-state index < -0.39 is 0 Å². The van der Waals surface area contributed by atoms with Crippen LogP contribution in [0.2, 0.25) is 0 Å². The predicted octanol–water partition coefficient (Wildman–Crippen LogP) is 3.76. The highest BCUT2D eigenvalue weighted by Gasteiger charge is 2.30. The van der Waals surface area contributed by atoms with Gasteiger partial charge in [0.1, 0.15) is 5.76 Å². The zero-order chi connectivity index (χ0) is 9.14. The minimum absolute atomic E-state index is 0.212. The summed E-state index contributed by atoms with van der Waals surface area (Å²) < 4.78 is 5.21. The summed E-state index contributed by atoms with van der Waals surface area (Å²) in [6.45, 7) is 6.39. The first-order chi connectivity index (χ1) is 5.61. The standard InChI is InChI=1S/C10H15BrO/c1-7(2)5-4-6-8(3)9-10(11)12-9/h5,10H,4,6H2,1-3H3. The lowest BCUT2D eigenvalue weighted by atomic mass is 10.1. The van der Waals surface area contributed by atoms with E-state index in [1.165, 1.54) is 11.1 Å². The van der Waals surface area contributed by atoms with Crippen molar-refractivity contribution in [1.29, 1.82) is 0 Å². The van der Waals surface area contributed by atoms with Crippen molar-refractivity contribution < 1.29 is 4.74 Å². The molecule has 0 bridgehead atoms. The smallest absolute Gasteiger partial charge is 0.209 e. The second kappa shape index (κ2) is 4.13. The highest BCUT2D eigenvalue weighted by atomic mass is 79.9. The molecule has 1 atom stereocenters. The summed E-state index contributed by atoms with van der Waals surface area (Å²) in [5.41, 5.74) is 2.76. The van der Waals surface area contributed by atoms with Crippen LogP contribution in [0.4, 0.5) is 0 Å². The number of epoxide rings is 1. The van der Waals surface area contributed by atoms with Crippen molar-refractivity contribution in [3.63, 3.8) is 0 Å². The van der Waals surface area contributed by atoms with Crippen LogP contribution in [-0.2, 0) is 4.74 Å². The fourth-order valence-electron chi connectivity index (χ4n) is 1.07. The number of hydrogen-bond donors (Lipinski definition) is 0. The summed E-state index contributed by atoms with van der Waals surface area (Å²) in [6.07, 6.45) is 4.50. The molecule has 2 heteroatoms. The Morgan fingerprint density at radius 3 is 2.50 bits per heavy atom. The first kappa shape index (κ1) is 9.85. The van der Waals surface area contributed by atoms with Crippen LogP contribution in [0.15, 0.2) is 23.0 Å². The third kappa shape index (κ3) is 3.02. The van der Waals surface area contributed by atoms with Gasteiger partial charge in [-0.2, -0.15) is 0 Å². The molecule has 0 aliphatic carbocycles. The monoisotopic (exact) mass is 230 g/mol. The Bertz CT molecular complexity index is 224. The zero-order valence-corrected chi connectivity index (χ0v) is 9.44. The predicted molar refractivity (Wildman–Crippen MR) is 55.2 cm³/mol. The Balaban J connectivity index is 2.29. The molecule has 1 aliphatic rings. The van der Waals surface area contributed by atoms with Gasteiger partial charge in [-0.1, -0.05) is 11.6 Å². The lowest BCUT2D eigenvalue weighted by molar-refractivity contribution is 0.491. The Kier molecular flexibility index (Phi) is 3.39. The van der Waals surface area contributed by atoms with Gasteiger partial charge >= 0.3 is 0 Å². The van der Waals surface area contributed by atoms with E-state index in [2.05, 4.69) is 42.8 Å². The number of rotatable bonds is 3. The lowest BCUT2D eigenvalue weighted by Gasteiger charge is -1.94. The van der Waals surface area contributed by atoms with Gasteiger partial charge in [0, 0.05) is 0 Å². The third-order valence-corrected chi connectivity index (χ3v) is 2.47. The first-order valence-corrected chi connectivity index (χ1v) is 5.16. The summed E-state index contributed by atoms with van der Waals surface area (Å²) in [5, 5.41) is 0.212. The molecular weight excluding hydrogens is 216 g/mol. The van der Waals surface area contributed by atoms with E-state index in [1.807, 2.05) is 0 Å². The lowest BCUT2D eigenvalue weighted by Crippen LogP contribution is -1.77. The Morgan fingerprint density at radius 2 is 2.08 bits per heavy atom. The maximum atomic E-state index is 5.21. The molecular formula is C10H15BrO.